The molecule has 0 bridgehead atoms. The van der Waals surface area contributed by atoms with Gasteiger partial charge in [-0.3, -0.25) is 9.52 Å². The van der Waals surface area contributed by atoms with Gasteiger partial charge in [0.15, 0.2) is 0 Å². The molecule has 2 N–H and O–H groups in total. The van der Waals surface area contributed by atoms with Gasteiger partial charge >= 0.3 is 0 Å². The highest BCUT2D eigenvalue weighted by Gasteiger charge is 2.14. The average molecular weight is 454 g/mol. The molecule has 1 aromatic carbocycles. The predicted octanol–water partition coefficient (Wildman–Crippen LogP) is 3.90. The average Bonchev–Trinajstić information content (AvgIpc) is 2.70. The molecule has 1 aromatic heterocycles. The summed E-state index contributed by atoms with van der Waals surface area (Å²) in [5.74, 6) is -0.311. The molecule has 0 spiro atoms. The van der Waals surface area contributed by atoms with Gasteiger partial charge < -0.3 is 5.32 Å². The Hall–Kier alpha value is -0.900. The van der Waals surface area contributed by atoms with Crippen LogP contribution in [0.1, 0.15) is 9.67 Å². The minimum Gasteiger partial charge on any atom is -0.319 e. The van der Waals surface area contributed by atoms with Gasteiger partial charge in [0.1, 0.15) is 0 Å². The number of anilines is 2. The van der Waals surface area contributed by atoms with Gasteiger partial charge in [-0.1, -0.05) is 12.1 Å². The largest absolute Gasteiger partial charge is 0.319 e. The van der Waals surface area contributed by atoms with Crippen molar-refractivity contribution in [3.8, 4) is 0 Å². The van der Waals surface area contributed by atoms with Gasteiger partial charge in [-0.2, -0.15) is 0 Å². The number of hydrogen-bond acceptors (Lipinski definition) is 4. The molecule has 0 aliphatic rings. The molecule has 0 fully saturated rings. The van der Waals surface area contributed by atoms with Crippen LogP contribution in [0.5, 0.6) is 0 Å². The first kappa shape index (κ1) is 16.5. The Morgan fingerprint density at radius 2 is 1.81 bits per heavy atom. The molecule has 0 saturated heterocycles. The number of carbonyl (C=O) groups is 1. The number of halogens is 2. The van der Waals surface area contributed by atoms with E-state index in [0.717, 1.165) is 14.5 Å². The fourth-order valence-electron chi connectivity index (χ4n) is 1.52. The monoisotopic (exact) mass is 452 g/mol. The topological polar surface area (TPSA) is 75.3 Å². The molecule has 2 rings (SSSR count). The van der Waals surface area contributed by atoms with Crippen molar-refractivity contribution in [1.82, 2.24) is 0 Å². The van der Waals surface area contributed by atoms with Crippen LogP contribution < -0.4 is 10.0 Å². The molecule has 0 atom stereocenters. The molecular weight excluding hydrogens is 444 g/mol. The summed E-state index contributed by atoms with van der Waals surface area (Å²) < 4.78 is 26.6. The predicted molar refractivity (Wildman–Crippen MR) is 92.6 cm³/mol. The van der Waals surface area contributed by atoms with E-state index >= 15 is 0 Å². The van der Waals surface area contributed by atoms with Crippen molar-refractivity contribution in [2.75, 3.05) is 16.3 Å². The van der Waals surface area contributed by atoms with E-state index in [4.69, 9.17) is 0 Å². The fraction of sp³-hybridized carbons (Fsp3) is 0.0833. The Morgan fingerprint density at radius 1 is 1.19 bits per heavy atom. The van der Waals surface area contributed by atoms with Gasteiger partial charge in [-0.15, -0.1) is 11.3 Å². The van der Waals surface area contributed by atoms with Crippen molar-refractivity contribution < 1.29 is 13.2 Å². The fourth-order valence-corrected chi connectivity index (χ4v) is 4.03. The standard InChI is InChI=1S/C12H10Br2N2O3S2/c1-21(18,19)16-9-5-3-2-4-8(9)15-12(17)10-6-7(13)11(14)20-10/h2-6,16H,1H3,(H,15,17). The Morgan fingerprint density at radius 3 is 2.33 bits per heavy atom. The van der Waals surface area contributed by atoms with Gasteiger partial charge in [-0.05, 0) is 50.1 Å². The zero-order valence-corrected chi connectivity index (χ0v) is 15.5. The van der Waals surface area contributed by atoms with E-state index in [1.165, 1.54) is 11.3 Å². The molecule has 21 heavy (non-hydrogen) atoms. The molecule has 0 radical (unpaired) electrons. The summed E-state index contributed by atoms with van der Waals surface area (Å²) in [5, 5.41) is 2.69. The molecular formula is C12H10Br2N2O3S2. The Kier molecular flexibility index (Phi) is 5.07. The van der Waals surface area contributed by atoms with Crippen molar-refractivity contribution in [3.63, 3.8) is 0 Å². The maximum Gasteiger partial charge on any atom is 0.265 e. The van der Waals surface area contributed by atoms with Crippen LogP contribution in [0.3, 0.4) is 0 Å². The summed E-state index contributed by atoms with van der Waals surface area (Å²) in [7, 11) is -3.42. The van der Waals surface area contributed by atoms with E-state index in [-0.39, 0.29) is 5.91 Å². The lowest BCUT2D eigenvalue weighted by molar-refractivity contribution is 0.103. The highest BCUT2D eigenvalue weighted by atomic mass is 79.9. The number of rotatable bonds is 4. The maximum absolute atomic E-state index is 12.2. The molecule has 0 saturated carbocycles. The SMILES string of the molecule is CS(=O)(=O)Nc1ccccc1NC(=O)c1cc(Br)c(Br)s1. The lowest BCUT2D eigenvalue weighted by Gasteiger charge is -2.11. The van der Waals surface area contributed by atoms with E-state index in [2.05, 4.69) is 41.9 Å². The third kappa shape index (κ3) is 4.53. The molecule has 9 heteroatoms. The third-order valence-electron chi connectivity index (χ3n) is 2.34. The van der Waals surface area contributed by atoms with Crippen molar-refractivity contribution in [1.29, 1.82) is 0 Å². The second-order valence-corrected chi connectivity index (χ2v) is 9.08. The van der Waals surface area contributed by atoms with Crippen LogP contribution >= 0.6 is 43.2 Å². The minimum absolute atomic E-state index is 0.311. The number of benzene rings is 1. The second kappa shape index (κ2) is 6.47. The maximum atomic E-state index is 12.2. The number of nitrogens with one attached hydrogen (secondary N) is 2. The number of carbonyl (C=O) groups excluding carboxylic acids is 1. The summed E-state index contributed by atoms with van der Waals surface area (Å²) in [5.41, 5.74) is 0.719. The van der Waals surface area contributed by atoms with Crippen molar-refractivity contribution in [2.45, 2.75) is 0 Å². The minimum atomic E-state index is -3.42. The van der Waals surface area contributed by atoms with Crippen LogP contribution in [0.4, 0.5) is 11.4 Å². The molecule has 1 amide bonds. The second-order valence-electron chi connectivity index (χ2n) is 4.11. The Balaban J connectivity index is 2.25. The van der Waals surface area contributed by atoms with Gasteiger partial charge in [0.05, 0.1) is 26.3 Å². The highest BCUT2D eigenvalue weighted by molar-refractivity contribution is 9.13. The number of para-hydroxylation sites is 2. The molecule has 5 nitrogen and oxygen atoms in total. The van der Waals surface area contributed by atoms with Gasteiger partial charge in [0.2, 0.25) is 10.0 Å². The molecule has 0 aliphatic heterocycles. The number of sulfonamides is 1. The summed E-state index contributed by atoms with van der Waals surface area (Å²) in [6.45, 7) is 0. The highest BCUT2D eigenvalue weighted by Crippen LogP contribution is 2.33. The van der Waals surface area contributed by atoms with Crippen LogP contribution in [-0.2, 0) is 10.0 Å². The first-order valence-corrected chi connectivity index (χ1v) is 9.88. The zero-order valence-electron chi connectivity index (χ0n) is 10.7. The van der Waals surface area contributed by atoms with Crippen molar-refractivity contribution >= 4 is 70.5 Å². The normalized spacial score (nSPS) is 11.2. The first-order chi connectivity index (χ1) is 9.76. The lowest BCUT2D eigenvalue weighted by Crippen LogP contribution is -2.15. The molecule has 1 heterocycles. The van der Waals surface area contributed by atoms with Crippen LogP contribution in [0.25, 0.3) is 0 Å². The molecule has 0 unspecified atom stereocenters. The van der Waals surface area contributed by atoms with E-state index < -0.39 is 10.0 Å². The smallest absolute Gasteiger partial charge is 0.265 e. The first-order valence-electron chi connectivity index (χ1n) is 5.59. The lowest BCUT2D eigenvalue weighted by atomic mass is 10.2. The number of hydrogen-bond donors (Lipinski definition) is 2. The van der Waals surface area contributed by atoms with Gasteiger partial charge in [0.25, 0.3) is 5.91 Å². The Labute approximate surface area is 143 Å². The zero-order chi connectivity index (χ0) is 15.6. The van der Waals surface area contributed by atoms with Crippen LogP contribution in [-0.4, -0.2) is 20.6 Å². The van der Waals surface area contributed by atoms with Crippen LogP contribution in [0.2, 0.25) is 0 Å². The summed E-state index contributed by atoms with van der Waals surface area (Å²) in [4.78, 5) is 12.7. The van der Waals surface area contributed by atoms with E-state index in [0.29, 0.717) is 16.3 Å². The Bertz CT molecular complexity index is 768. The van der Waals surface area contributed by atoms with Crippen LogP contribution in [0.15, 0.2) is 38.6 Å². The molecule has 2 aromatic rings. The van der Waals surface area contributed by atoms with E-state index in [1.807, 2.05) is 0 Å². The molecule has 0 aliphatic carbocycles. The van der Waals surface area contributed by atoms with Crippen LogP contribution in [0, 0.1) is 0 Å². The molecule has 112 valence electrons. The third-order valence-corrected chi connectivity index (χ3v) is 6.19. The quantitative estimate of drug-likeness (QED) is 0.737. The number of thiophene rings is 1. The van der Waals surface area contributed by atoms with E-state index in [1.54, 1.807) is 30.3 Å². The summed E-state index contributed by atoms with van der Waals surface area (Å²) in [6.07, 6.45) is 1.05. The van der Waals surface area contributed by atoms with E-state index in [9.17, 15) is 13.2 Å². The van der Waals surface area contributed by atoms with Gasteiger partial charge in [-0.25, -0.2) is 8.42 Å². The van der Waals surface area contributed by atoms with Crippen molar-refractivity contribution in [2.24, 2.45) is 0 Å². The van der Waals surface area contributed by atoms with Gasteiger partial charge in [0, 0.05) is 4.47 Å². The summed E-state index contributed by atoms with van der Waals surface area (Å²) in [6, 6.07) is 8.29. The van der Waals surface area contributed by atoms with Crippen molar-refractivity contribution in [3.05, 3.63) is 43.5 Å². The number of amides is 1. The summed E-state index contributed by atoms with van der Waals surface area (Å²) >= 11 is 7.92.